The smallest absolute Gasteiger partial charge is 0.245 e. The number of carbonyl (C=O) groups excluding carboxylic acids is 8. The highest BCUT2D eigenvalue weighted by atomic mass is 16.2. The quantitative estimate of drug-likeness (QED) is 0.0167. The largest absolute Gasteiger partial charge is 0.370 e. The first-order chi connectivity index (χ1) is 27.6. The van der Waals surface area contributed by atoms with Gasteiger partial charge in [0, 0.05) is 32.6 Å². The molecule has 59 heavy (non-hydrogen) atoms. The Morgan fingerprint density at radius 1 is 0.627 bits per heavy atom. The molecule has 0 saturated carbocycles. The van der Waals surface area contributed by atoms with Gasteiger partial charge in [-0.25, -0.2) is 0 Å². The van der Waals surface area contributed by atoms with Crippen molar-refractivity contribution < 1.29 is 38.4 Å². The van der Waals surface area contributed by atoms with Gasteiger partial charge in [0.1, 0.15) is 35.6 Å². The van der Waals surface area contributed by atoms with E-state index in [1.807, 2.05) is 0 Å². The summed E-state index contributed by atoms with van der Waals surface area (Å²) in [5.74, 6) is -7.55. The van der Waals surface area contributed by atoms with Gasteiger partial charge in [-0.05, 0) is 78.1 Å². The number of rotatable bonds is 26. The summed E-state index contributed by atoms with van der Waals surface area (Å²) in [6.07, 6.45) is 1.29. The van der Waals surface area contributed by atoms with Crippen molar-refractivity contribution in [3.8, 4) is 0 Å². The van der Waals surface area contributed by atoms with Gasteiger partial charge in [0.05, 0.1) is 0 Å². The van der Waals surface area contributed by atoms with Crippen LogP contribution >= 0.6 is 0 Å². The zero-order chi connectivity index (χ0) is 44.9. The van der Waals surface area contributed by atoms with Gasteiger partial charge >= 0.3 is 0 Å². The predicted octanol–water partition coefficient (Wildman–Crippen LogP) is -5.64. The second-order valence-electron chi connectivity index (χ2n) is 14.6. The third-order valence-corrected chi connectivity index (χ3v) is 9.44. The molecule has 25 nitrogen and oxygen atoms in total. The fraction of sp³-hybridized carbons (Fsp3) is 0.676. The van der Waals surface area contributed by atoms with E-state index in [-0.39, 0.29) is 95.4 Å². The highest BCUT2D eigenvalue weighted by molar-refractivity contribution is 6.05. The van der Waals surface area contributed by atoms with E-state index >= 15 is 0 Å². The Balaban J connectivity index is 3.42. The van der Waals surface area contributed by atoms with Crippen LogP contribution in [-0.4, -0.2) is 126 Å². The number of primary amides is 3. The van der Waals surface area contributed by atoms with Crippen LogP contribution in [0.3, 0.4) is 0 Å². The normalized spacial score (nSPS) is 15.8. The van der Waals surface area contributed by atoms with Crippen molar-refractivity contribution in [1.82, 2.24) is 42.1 Å². The van der Waals surface area contributed by atoms with Crippen LogP contribution in [0.2, 0.25) is 0 Å². The SMILES string of the molecule is CC(C)(C(N)=O)C(=O)N[C@H](CCCNC(=N)N)C(=O)N[C@@H](CCC(N)=O)C(=O)N[C@@H](CCCNC(=N)N)C(=O)N1CCCC[C@H]1C(=O)N[C@H](CCCNC(=N)N)C(N)=O. The average molecular weight is 838 g/mol. The monoisotopic (exact) mass is 838 g/mol. The Kier molecular flexibility index (Phi) is 21.5. The number of guanidine groups is 3. The van der Waals surface area contributed by atoms with Crippen LogP contribution in [0.5, 0.6) is 0 Å². The molecule has 0 spiro atoms. The molecular formula is C34H63N17O8. The molecule has 0 aromatic carbocycles. The third kappa shape index (κ3) is 18.6. The van der Waals surface area contributed by atoms with Gasteiger partial charge in [-0.2, -0.15) is 0 Å². The molecule has 1 aliphatic rings. The molecule has 1 rings (SSSR count). The molecule has 5 atom stereocenters. The van der Waals surface area contributed by atoms with Crippen molar-refractivity contribution >= 4 is 65.1 Å². The molecule has 0 aromatic heterocycles. The van der Waals surface area contributed by atoms with E-state index in [0.29, 0.717) is 19.3 Å². The second-order valence-corrected chi connectivity index (χ2v) is 14.6. The maximum atomic E-state index is 14.3. The number of amides is 8. The summed E-state index contributed by atoms with van der Waals surface area (Å²) in [6, 6.07) is -6.31. The lowest BCUT2D eigenvalue weighted by molar-refractivity contribution is -0.146. The van der Waals surface area contributed by atoms with Crippen LogP contribution in [-0.2, 0) is 38.4 Å². The second kappa shape index (κ2) is 25.0. The first-order valence-corrected chi connectivity index (χ1v) is 19.2. The van der Waals surface area contributed by atoms with Gasteiger partial charge in [-0.15, -0.1) is 0 Å². The average Bonchev–Trinajstić information content (AvgIpc) is 3.15. The van der Waals surface area contributed by atoms with E-state index in [0.717, 1.165) is 0 Å². The lowest BCUT2D eigenvalue weighted by Crippen LogP contribution is -2.61. The van der Waals surface area contributed by atoms with Crippen molar-refractivity contribution in [2.24, 2.45) is 39.8 Å². The van der Waals surface area contributed by atoms with Gasteiger partial charge in [0.15, 0.2) is 17.9 Å². The Bertz CT molecular complexity index is 1560. The number of hydrogen-bond acceptors (Lipinski definition) is 11. The molecule has 1 fully saturated rings. The summed E-state index contributed by atoms with van der Waals surface area (Å²) in [7, 11) is 0. The number of carbonyl (C=O) groups is 8. The molecule has 1 aliphatic heterocycles. The van der Waals surface area contributed by atoms with Crippen LogP contribution in [0.4, 0.5) is 0 Å². The number of nitrogens with two attached hydrogens (primary N) is 6. The zero-order valence-electron chi connectivity index (χ0n) is 33.7. The topological polar surface area (TPSA) is 452 Å². The van der Waals surface area contributed by atoms with Crippen molar-refractivity contribution in [1.29, 1.82) is 16.2 Å². The fourth-order valence-electron chi connectivity index (χ4n) is 5.89. The minimum absolute atomic E-state index is 0.0384. The first kappa shape index (κ1) is 50.6. The minimum atomic E-state index is -1.73. The summed E-state index contributed by atoms with van der Waals surface area (Å²) in [5.41, 5.74) is 30.6. The number of piperidine rings is 1. The van der Waals surface area contributed by atoms with Crippen LogP contribution in [0, 0.1) is 21.6 Å². The van der Waals surface area contributed by atoms with Gasteiger partial charge in [-0.3, -0.25) is 54.6 Å². The molecule has 25 heteroatoms. The summed E-state index contributed by atoms with van der Waals surface area (Å²) in [5, 5.41) is 40.1. The molecule has 0 unspecified atom stereocenters. The summed E-state index contributed by atoms with van der Waals surface area (Å²) in [4.78, 5) is 106. The Labute approximate surface area is 342 Å². The number of likely N-dealkylation sites (tertiary alicyclic amines) is 1. The minimum Gasteiger partial charge on any atom is -0.370 e. The van der Waals surface area contributed by atoms with Gasteiger partial charge < -0.3 is 76.5 Å². The summed E-state index contributed by atoms with van der Waals surface area (Å²) in [6.45, 7) is 3.12. The lowest BCUT2D eigenvalue weighted by atomic mass is 9.91. The van der Waals surface area contributed by atoms with Crippen molar-refractivity contribution in [2.75, 3.05) is 26.2 Å². The Morgan fingerprint density at radius 3 is 1.54 bits per heavy atom. The molecule has 0 bridgehead atoms. The molecule has 1 heterocycles. The first-order valence-electron chi connectivity index (χ1n) is 19.2. The van der Waals surface area contributed by atoms with Gasteiger partial charge in [0.2, 0.25) is 47.3 Å². The van der Waals surface area contributed by atoms with E-state index in [4.69, 9.17) is 50.6 Å². The van der Waals surface area contributed by atoms with E-state index in [2.05, 4.69) is 37.2 Å². The molecule has 8 amide bonds. The van der Waals surface area contributed by atoms with E-state index in [9.17, 15) is 38.4 Å². The summed E-state index contributed by atoms with van der Waals surface area (Å²) >= 11 is 0. The Hall–Kier alpha value is -6.43. The Morgan fingerprint density at radius 2 is 1.08 bits per heavy atom. The fourth-order valence-corrected chi connectivity index (χ4v) is 5.89. The molecule has 1 saturated heterocycles. The van der Waals surface area contributed by atoms with Crippen LogP contribution in [0.1, 0.15) is 84.5 Å². The van der Waals surface area contributed by atoms with Crippen LogP contribution in [0.15, 0.2) is 0 Å². The number of nitrogens with zero attached hydrogens (tertiary/aromatic N) is 1. The van der Waals surface area contributed by atoms with Crippen molar-refractivity contribution in [2.45, 2.75) is 115 Å². The van der Waals surface area contributed by atoms with E-state index < -0.39 is 82.9 Å². The molecule has 332 valence electrons. The predicted molar refractivity (Wildman–Crippen MR) is 215 cm³/mol. The maximum Gasteiger partial charge on any atom is 0.245 e. The van der Waals surface area contributed by atoms with Crippen LogP contribution < -0.4 is 71.6 Å². The lowest BCUT2D eigenvalue weighted by Gasteiger charge is -2.38. The molecule has 0 aliphatic carbocycles. The van der Waals surface area contributed by atoms with Gasteiger partial charge in [0.25, 0.3) is 0 Å². The maximum absolute atomic E-state index is 14.3. The summed E-state index contributed by atoms with van der Waals surface area (Å²) < 4.78 is 0. The van der Waals surface area contributed by atoms with E-state index in [1.165, 1.54) is 18.7 Å². The molecule has 0 aromatic rings. The molecular weight excluding hydrogens is 774 g/mol. The van der Waals surface area contributed by atoms with Crippen molar-refractivity contribution in [3.05, 3.63) is 0 Å². The van der Waals surface area contributed by atoms with Crippen molar-refractivity contribution in [3.63, 3.8) is 0 Å². The zero-order valence-corrected chi connectivity index (χ0v) is 33.7. The highest BCUT2D eigenvalue weighted by Crippen LogP contribution is 2.20. The molecule has 22 N–H and O–H groups in total. The highest BCUT2D eigenvalue weighted by Gasteiger charge is 2.39. The molecule has 0 radical (unpaired) electrons. The third-order valence-electron chi connectivity index (χ3n) is 9.44. The standard InChI is InChI=1S/C34H63N17O8/c1-34(2,29(37)58)30(59)50-19(9-6-15-45-32(40)41)25(54)48-20(12-13-23(35)52)26(55)49-21(10-7-16-46-33(42)43)28(57)51-17-4-3-11-22(51)27(56)47-18(24(36)53)8-5-14-44-31(38)39/h18-22H,3-17H2,1-2H3,(H2,35,52)(H2,36,53)(H2,37,58)(H,47,56)(H,48,54)(H,49,55)(H,50,59)(H4,38,39,44)(H4,40,41,45)(H4,42,43,46)/t18-,19-,20+,21+,22+/m1/s1. The van der Waals surface area contributed by atoms with Gasteiger partial charge in [-0.1, -0.05) is 0 Å². The van der Waals surface area contributed by atoms with E-state index in [1.54, 1.807) is 0 Å². The number of hydrogen-bond donors (Lipinski definition) is 16. The van der Waals surface area contributed by atoms with Crippen LogP contribution in [0.25, 0.3) is 0 Å². The number of nitrogens with one attached hydrogen (secondary N) is 10.